The maximum Gasteiger partial charge on any atom is 0.00684 e. The molecule has 14 heavy (non-hydrogen) atoms. The molecule has 1 saturated carbocycles. The van der Waals surface area contributed by atoms with E-state index in [9.17, 15) is 0 Å². The second-order valence-corrected chi connectivity index (χ2v) is 5.44. The van der Waals surface area contributed by atoms with E-state index in [0.717, 1.165) is 11.2 Å². The second kappa shape index (κ2) is 3.37. The van der Waals surface area contributed by atoms with Crippen molar-refractivity contribution in [1.82, 2.24) is 0 Å². The van der Waals surface area contributed by atoms with Crippen LogP contribution in [0.15, 0.2) is 18.2 Å². The van der Waals surface area contributed by atoms with E-state index in [2.05, 4.69) is 54.9 Å². The summed E-state index contributed by atoms with van der Waals surface area (Å²) in [5.74, 6) is 0.837. The van der Waals surface area contributed by atoms with E-state index in [1.54, 1.807) is 5.56 Å². The predicted octanol–water partition coefficient (Wildman–Crippen LogP) is 3.98. The van der Waals surface area contributed by atoms with Crippen molar-refractivity contribution in [1.29, 1.82) is 0 Å². The van der Waals surface area contributed by atoms with Crippen LogP contribution in [0.2, 0.25) is 0 Å². The Labute approximate surface area is 94.8 Å². The standard InChI is InChI=1S/C13H17Br/c1-9-4-5-12(10(2)6-9)13(3)7-11(13)8-14/h4-6,11H,7-8H2,1-3H3. The van der Waals surface area contributed by atoms with Gasteiger partial charge in [0.15, 0.2) is 0 Å². The highest BCUT2D eigenvalue weighted by atomic mass is 79.9. The fourth-order valence-electron chi connectivity index (χ4n) is 2.46. The zero-order valence-electron chi connectivity index (χ0n) is 9.10. The van der Waals surface area contributed by atoms with Crippen LogP contribution in [0.1, 0.15) is 30.0 Å². The zero-order valence-corrected chi connectivity index (χ0v) is 10.7. The minimum atomic E-state index is 0.446. The van der Waals surface area contributed by atoms with Crippen LogP contribution in [0.3, 0.4) is 0 Å². The van der Waals surface area contributed by atoms with Gasteiger partial charge in [-0.1, -0.05) is 46.6 Å². The maximum absolute atomic E-state index is 3.59. The van der Waals surface area contributed by atoms with Crippen molar-refractivity contribution in [3.05, 3.63) is 34.9 Å². The molecule has 0 amide bonds. The van der Waals surface area contributed by atoms with Crippen LogP contribution < -0.4 is 0 Å². The fraction of sp³-hybridized carbons (Fsp3) is 0.538. The first kappa shape index (κ1) is 10.2. The summed E-state index contributed by atoms with van der Waals surface area (Å²) in [7, 11) is 0. The lowest BCUT2D eigenvalue weighted by atomic mass is 9.91. The molecule has 1 aromatic rings. The average molecular weight is 253 g/mol. The first-order valence-corrected chi connectivity index (χ1v) is 6.34. The molecule has 0 aliphatic heterocycles. The van der Waals surface area contributed by atoms with E-state index in [1.807, 2.05) is 0 Å². The van der Waals surface area contributed by atoms with Crippen molar-refractivity contribution in [2.75, 3.05) is 5.33 Å². The third-order valence-corrected chi connectivity index (χ3v) is 4.38. The van der Waals surface area contributed by atoms with Crippen molar-refractivity contribution in [3.8, 4) is 0 Å². The number of hydrogen-bond acceptors (Lipinski definition) is 0. The molecule has 2 atom stereocenters. The summed E-state index contributed by atoms with van der Waals surface area (Å²) < 4.78 is 0. The molecule has 0 nitrogen and oxygen atoms in total. The molecule has 0 spiro atoms. The minimum absolute atomic E-state index is 0.446. The summed E-state index contributed by atoms with van der Waals surface area (Å²) in [5, 5.41) is 1.14. The monoisotopic (exact) mass is 252 g/mol. The van der Waals surface area contributed by atoms with Gasteiger partial charge in [0, 0.05) is 5.33 Å². The highest BCUT2D eigenvalue weighted by Crippen LogP contribution is 2.55. The molecule has 1 fully saturated rings. The SMILES string of the molecule is Cc1ccc(C2(C)CC2CBr)c(C)c1. The summed E-state index contributed by atoms with van der Waals surface area (Å²) in [5.41, 5.74) is 4.82. The van der Waals surface area contributed by atoms with Crippen molar-refractivity contribution in [2.45, 2.75) is 32.6 Å². The number of aryl methyl sites for hydroxylation is 2. The number of benzene rings is 1. The van der Waals surface area contributed by atoms with Crippen LogP contribution in [0.5, 0.6) is 0 Å². The van der Waals surface area contributed by atoms with Gasteiger partial charge in [-0.3, -0.25) is 0 Å². The second-order valence-electron chi connectivity index (χ2n) is 4.79. The summed E-state index contributed by atoms with van der Waals surface area (Å²) >= 11 is 3.59. The lowest BCUT2D eigenvalue weighted by molar-refractivity contribution is 0.704. The van der Waals surface area contributed by atoms with E-state index < -0.39 is 0 Å². The molecule has 1 heteroatoms. The largest absolute Gasteiger partial charge is 0.0925 e. The molecule has 0 aromatic heterocycles. The van der Waals surface area contributed by atoms with Crippen molar-refractivity contribution >= 4 is 15.9 Å². The van der Waals surface area contributed by atoms with Crippen LogP contribution in [0, 0.1) is 19.8 Å². The molecule has 2 rings (SSSR count). The van der Waals surface area contributed by atoms with E-state index in [1.165, 1.54) is 17.5 Å². The predicted molar refractivity (Wildman–Crippen MR) is 65.2 cm³/mol. The molecule has 1 aliphatic carbocycles. The van der Waals surface area contributed by atoms with E-state index in [-0.39, 0.29) is 0 Å². The quantitative estimate of drug-likeness (QED) is 0.699. The number of halogens is 1. The number of rotatable bonds is 2. The van der Waals surface area contributed by atoms with Gasteiger partial charge in [-0.2, -0.15) is 0 Å². The molecule has 1 aromatic carbocycles. The molecule has 1 aliphatic rings. The third kappa shape index (κ3) is 1.52. The maximum atomic E-state index is 3.59. The molecule has 0 radical (unpaired) electrons. The summed E-state index contributed by atoms with van der Waals surface area (Å²) in [6.45, 7) is 6.78. The molecular weight excluding hydrogens is 236 g/mol. The minimum Gasteiger partial charge on any atom is -0.0925 e. The highest BCUT2D eigenvalue weighted by Gasteiger charge is 2.50. The Morgan fingerprint density at radius 2 is 2.14 bits per heavy atom. The van der Waals surface area contributed by atoms with E-state index in [4.69, 9.17) is 0 Å². The first-order chi connectivity index (χ1) is 6.58. The molecule has 76 valence electrons. The molecule has 0 bridgehead atoms. The first-order valence-electron chi connectivity index (χ1n) is 5.21. The topological polar surface area (TPSA) is 0 Å². The molecular formula is C13H17Br. The van der Waals surface area contributed by atoms with Gasteiger partial charge in [0.1, 0.15) is 0 Å². The molecule has 0 N–H and O–H groups in total. The highest BCUT2D eigenvalue weighted by molar-refractivity contribution is 9.09. The van der Waals surface area contributed by atoms with Gasteiger partial charge >= 0.3 is 0 Å². The molecule has 0 heterocycles. The molecule has 2 unspecified atom stereocenters. The van der Waals surface area contributed by atoms with Gasteiger partial charge in [0.05, 0.1) is 0 Å². The Hall–Kier alpha value is -0.300. The Bertz CT molecular complexity index is 356. The van der Waals surface area contributed by atoms with Crippen LogP contribution in [0.25, 0.3) is 0 Å². The average Bonchev–Trinajstić information content (AvgIpc) is 2.77. The van der Waals surface area contributed by atoms with Crippen LogP contribution in [-0.2, 0) is 5.41 Å². The van der Waals surface area contributed by atoms with Crippen LogP contribution >= 0.6 is 15.9 Å². The Balaban J connectivity index is 2.34. The van der Waals surface area contributed by atoms with Gasteiger partial charge in [-0.15, -0.1) is 0 Å². The normalized spacial score (nSPS) is 30.4. The number of hydrogen-bond donors (Lipinski definition) is 0. The van der Waals surface area contributed by atoms with Gasteiger partial charge < -0.3 is 0 Å². The molecule has 0 saturated heterocycles. The zero-order chi connectivity index (χ0) is 10.3. The van der Waals surface area contributed by atoms with E-state index in [0.29, 0.717) is 5.41 Å². The lowest BCUT2D eigenvalue weighted by Gasteiger charge is -2.14. The van der Waals surface area contributed by atoms with Gasteiger partial charge in [0.2, 0.25) is 0 Å². The van der Waals surface area contributed by atoms with Crippen molar-refractivity contribution in [3.63, 3.8) is 0 Å². The van der Waals surface area contributed by atoms with Gasteiger partial charge in [-0.25, -0.2) is 0 Å². The summed E-state index contributed by atoms with van der Waals surface area (Å²) in [6.07, 6.45) is 1.34. The van der Waals surface area contributed by atoms with Crippen LogP contribution in [0.4, 0.5) is 0 Å². The van der Waals surface area contributed by atoms with Crippen LogP contribution in [-0.4, -0.2) is 5.33 Å². The Morgan fingerprint density at radius 1 is 1.43 bits per heavy atom. The summed E-state index contributed by atoms with van der Waals surface area (Å²) in [6, 6.07) is 6.84. The van der Waals surface area contributed by atoms with Crippen molar-refractivity contribution in [2.24, 2.45) is 5.92 Å². The summed E-state index contributed by atoms with van der Waals surface area (Å²) in [4.78, 5) is 0. The van der Waals surface area contributed by atoms with Gasteiger partial charge in [-0.05, 0) is 42.7 Å². The fourth-order valence-corrected chi connectivity index (χ4v) is 3.41. The van der Waals surface area contributed by atoms with Gasteiger partial charge in [0.25, 0.3) is 0 Å². The lowest BCUT2D eigenvalue weighted by Crippen LogP contribution is -2.07. The number of alkyl halides is 1. The smallest absolute Gasteiger partial charge is 0.00684 e. The van der Waals surface area contributed by atoms with E-state index >= 15 is 0 Å². The third-order valence-electron chi connectivity index (χ3n) is 3.59. The Kier molecular flexibility index (Phi) is 2.46. The van der Waals surface area contributed by atoms with Crippen molar-refractivity contribution < 1.29 is 0 Å². The Morgan fingerprint density at radius 3 is 2.64 bits per heavy atom.